The van der Waals surface area contributed by atoms with E-state index in [9.17, 15) is 0 Å². The van der Waals surface area contributed by atoms with Crippen molar-refractivity contribution < 1.29 is 28.4 Å². The maximum atomic E-state index is 6.41. The molecule has 7 aromatic carbocycles. The van der Waals surface area contributed by atoms with Crippen LogP contribution in [0.3, 0.4) is 0 Å². The van der Waals surface area contributed by atoms with Crippen LogP contribution in [0.15, 0.2) is 164 Å². The molecule has 0 fully saturated rings. The third-order valence-electron chi connectivity index (χ3n) is 8.44. The molecule has 0 saturated heterocycles. The molecule has 0 aliphatic carbocycles. The predicted octanol–water partition coefficient (Wildman–Crippen LogP) is 13.1. The fourth-order valence-electron chi connectivity index (χ4n) is 5.61. The Balaban J connectivity index is 1.05. The first kappa shape index (κ1) is 35.3. The molecule has 0 radical (unpaired) electrons. The van der Waals surface area contributed by atoms with Gasteiger partial charge in [0.05, 0.1) is 0 Å². The summed E-state index contributed by atoms with van der Waals surface area (Å²) < 4.78 is 37.2. The molecule has 0 aliphatic rings. The van der Waals surface area contributed by atoms with Gasteiger partial charge in [-0.1, -0.05) is 50.2 Å². The van der Waals surface area contributed by atoms with Gasteiger partial charge in [0, 0.05) is 53.8 Å². The van der Waals surface area contributed by atoms with Gasteiger partial charge in [-0.05, 0) is 103 Å². The Hall–Kier alpha value is -7.06. The van der Waals surface area contributed by atoms with Crippen LogP contribution in [0.5, 0.6) is 69.0 Å². The van der Waals surface area contributed by atoms with Crippen molar-refractivity contribution in [1.29, 1.82) is 0 Å². The van der Waals surface area contributed by atoms with Gasteiger partial charge >= 0.3 is 0 Å². The Kier molecular flexibility index (Phi) is 10.8. The molecule has 0 heterocycles. The number of ether oxygens (including phenoxy) is 6. The summed E-state index contributed by atoms with van der Waals surface area (Å²) in [6, 6.07) is 50.4. The molecule has 0 aliphatic heterocycles. The lowest BCUT2D eigenvalue weighted by Gasteiger charge is -2.16. The minimum atomic E-state index is 0.281. The van der Waals surface area contributed by atoms with Crippen LogP contribution in [0, 0.1) is 0 Å². The van der Waals surface area contributed by atoms with E-state index in [1.807, 2.05) is 152 Å². The highest BCUT2D eigenvalue weighted by Gasteiger charge is 2.12. The molecule has 0 aromatic heterocycles. The molecule has 0 bridgehead atoms. The maximum Gasteiger partial charge on any atom is 0.131 e. The second-order valence-electron chi connectivity index (χ2n) is 12.7. The summed E-state index contributed by atoms with van der Waals surface area (Å²) in [6.45, 7) is 4.34. The van der Waals surface area contributed by atoms with Gasteiger partial charge in [-0.15, -0.1) is 0 Å². The molecule has 4 N–H and O–H groups in total. The van der Waals surface area contributed by atoms with E-state index in [4.69, 9.17) is 39.9 Å². The van der Waals surface area contributed by atoms with Gasteiger partial charge in [0.25, 0.3) is 0 Å². The van der Waals surface area contributed by atoms with Gasteiger partial charge in [0.2, 0.25) is 0 Å². The Bertz CT molecular complexity index is 2200. The van der Waals surface area contributed by atoms with Crippen LogP contribution in [0.4, 0.5) is 11.4 Å². The van der Waals surface area contributed by atoms with Crippen LogP contribution in [-0.4, -0.2) is 0 Å². The average molecular weight is 717 g/mol. The minimum absolute atomic E-state index is 0.281. The number of hydrogen-bond acceptors (Lipinski definition) is 8. The lowest BCUT2D eigenvalue weighted by atomic mass is 9.98. The molecule has 8 nitrogen and oxygen atoms in total. The first-order valence-corrected chi connectivity index (χ1v) is 17.7. The third kappa shape index (κ3) is 9.63. The van der Waals surface area contributed by atoms with E-state index >= 15 is 0 Å². The number of hydrogen-bond donors (Lipinski definition) is 2. The van der Waals surface area contributed by atoms with Gasteiger partial charge in [-0.25, -0.2) is 0 Å². The zero-order valence-electron chi connectivity index (χ0n) is 30.0. The zero-order chi connectivity index (χ0) is 37.3. The average Bonchev–Trinajstić information content (AvgIpc) is 3.15. The van der Waals surface area contributed by atoms with E-state index in [1.165, 1.54) is 0 Å². The van der Waals surface area contributed by atoms with Crippen molar-refractivity contribution in [3.05, 3.63) is 169 Å². The standard InChI is InChI=1S/C46H40N2O6/c1-3-31(2)32-22-45(53-43-20-8-18-41(28-43)51-39-16-6-14-37(26-39)49-35-12-4-10-33(47)24-35)30-46(23-32)54-44-21-9-19-42(29-44)52-40-17-7-15-38(27-40)50-36-13-5-11-34(48)25-36/h4-31H,3,47-48H2,1-2H3. The topological polar surface area (TPSA) is 107 Å². The Morgan fingerprint density at radius 1 is 0.352 bits per heavy atom. The summed E-state index contributed by atoms with van der Waals surface area (Å²) in [5, 5.41) is 0. The van der Waals surface area contributed by atoms with Crippen LogP contribution in [0.25, 0.3) is 0 Å². The largest absolute Gasteiger partial charge is 0.457 e. The summed E-state index contributed by atoms with van der Waals surface area (Å²) in [4.78, 5) is 0. The van der Waals surface area contributed by atoms with Crippen molar-refractivity contribution in [2.75, 3.05) is 11.5 Å². The highest BCUT2D eigenvalue weighted by molar-refractivity contribution is 5.49. The molecule has 0 amide bonds. The van der Waals surface area contributed by atoms with Gasteiger partial charge in [-0.3, -0.25) is 0 Å². The molecular weight excluding hydrogens is 677 g/mol. The summed E-state index contributed by atoms with van der Waals surface area (Å²) in [5.41, 5.74) is 14.2. The second kappa shape index (κ2) is 16.5. The quantitative estimate of drug-likeness (QED) is 0.107. The zero-order valence-corrected chi connectivity index (χ0v) is 30.0. The SMILES string of the molecule is CCC(C)c1cc(Oc2cccc(Oc3cccc(Oc4cccc(N)c4)c3)c2)cc(Oc2cccc(Oc3cccc(Oc4cccc(N)c4)c3)c2)c1. The molecule has 7 rings (SSSR count). The molecule has 54 heavy (non-hydrogen) atoms. The van der Waals surface area contributed by atoms with Crippen molar-refractivity contribution in [2.24, 2.45) is 0 Å². The molecule has 7 aromatic rings. The summed E-state index contributed by atoms with van der Waals surface area (Å²) in [5.74, 6) is 7.81. The Labute approximate surface area is 315 Å². The Morgan fingerprint density at radius 2 is 0.593 bits per heavy atom. The van der Waals surface area contributed by atoms with Crippen LogP contribution in [0.2, 0.25) is 0 Å². The molecule has 1 atom stereocenters. The van der Waals surface area contributed by atoms with Gasteiger partial charge in [0.15, 0.2) is 0 Å². The predicted molar refractivity (Wildman–Crippen MR) is 213 cm³/mol. The first-order valence-electron chi connectivity index (χ1n) is 17.7. The minimum Gasteiger partial charge on any atom is -0.457 e. The number of benzene rings is 7. The first-order chi connectivity index (χ1) is 26.3. The van der Waals surface area contributed by atoms with Crippen LogP contribution in [0.1, 0.15) is 31.7 Å². The summed E-state index contributed by atoms with van der Waals surface area (Å²) in [7, 11) is 0. The van der Waals surface area contributed by atoms with Gasteiger partial charge in [0.1, 0.15) is 69.0 Å². The van der Waals surface area contributed by atoms with E-state index in [1.54, 1.807) is 12.1 Å². The maximum absolute atomic E-state index is 6.41. The second-order valence-corrected chi connectivity index (χ2v) is 12.7. The van der Waals surface area contributed by atoms with Crippen LogP contribution >= 0.6 is 0 Å². The third-order valence-corrected chi connectivity index (χ3v) is 8.44. The van der Waals surface area contributed by atoms with Crippen LogP contribution in [-0.2, 0) is 0 Å². The summed E-state index contributed by atoms with van der Waals surface area (Å²) >= 11 is 0. The van der Waals surface area contributed by atoms with E-state index in [2.05, 4.69) is 13.8 Å². The highest BCUT2D eigenvalue weighted by Crippen LogP contribution is 2.37. The fourth-order valence-corrected chi connectivity index (χ4v) is 5.61. The van der Waals surface area contributed by atoms with E-state index in [0.29, 0.717) is 80.4 Å². The molecule has 0 spiro atoms. The molecule has 270 valence electrons. The number of anilines is 2. The smallest absolute Gasteiger partial charge is 0.131 e. The number of rotatable bonds is 14. The van der Waals surface area contributed by atoms with Gasteiger partial charge in [-0.2, -0.15) is 0 Å². The lowest BCUT2D eigenvalue weighted by molar-refractivity contribution is 0.443. The molecule has 1 unspecified atom stereocenters. The van der Waals surface area contributed by atoms with Crippen molar-refractivity contribution in [3.63, 3.8) is 0 Å². The monoisotopic (exact) mass is 716 g/mol. The van der Waals surface area contributed by atoms with E-state index < -0.39 is 0 Å². The van der Waals surface area contributed by atoms with E-state index in [0.717, 1.165) is 12.0 Å². The van der Waals surface area contributed by atoms with Gasteiger partial charge < -0.3 is 39.9 Å². The molecular formula is C46H40N2O6. The van der Waals surface area contributed by atoms with Crippen molar-refractivity contribution in [3.8, 4) is 69.0 Å². The normalized spacial score (nSPS) is 11.3. The summed E-state index contributed by atoms with van der Waals surface area (Å²) in [6.07, 6.45) is 0.955. The fraction of sp³-hybridized carbons (Fsp3) is 0.0870. The van der Waals surface area contributed by atoms with Crippen molar-refractivity contribution >= 4 is 11.4 Å². The van der Waals surface area contributed by atoms with Crippen molar-refractivity contribution in [2.45, 2.75) is 26.2 Å². The van der Waals surface area contributed by atoms with Crippen molar-refractivity contribution in [1.82, 2.24) is 0 Å². The molecule has 8 heteroatoms. The van der Waals surface area contributed by atoms with Crippen LogP contribution < -0.4 is 39.9 Å². The molecule has 0 saturated carbocycles. The Morgan fingerprint density at radius 3 is 0.870 bits per heavy atom. The lowest BCUT2D eigenvalue weighted by Crippen LogP contribution is -1.95. The number of nitrogens with two attached hydrogens (primary N) is 2. The van der Waals surface area contributed by atoms with E-state index in [-0.39, 0.29) is 5.92 Å². The number of nitrogen functional groups attached to an aromatic ring is 2. The highest BCUT2D eigenvalue weighted by atomic mass is 16.5.